The number of hydrogen-bond acceptors (Lipinski definition) is 5. The fourth-order valence-electron chi connectivity index (χ4n) is 1.28. The summed E-state index contributed by atoms with van der Waals surface area (Å²) in [7, 11) is 1.54. The van der Waals surface area contributed by atoms with E-state index in [1.165, 1.54) is 0 Å². The van der Waals surface area contributed by atoms with Crippen LogP contribution in [0.25, 0.3) is 0 Å². The van der Waals surface area contributed by atoms with Crippen molar-refractivity contribution in [2.45, 2.75) is 24.7 Å². The van der Waals surface area contributed by atoms with Gasteiger partial charge in [-0.15, -0.1) is 0 Å². The first-order chi connectivity index (χ1) is 6.20. The lowest BCUT2D eigenvalue weighted by atomic mass is 10.1. The lowest BCUT2D eigenvalue weighted by molar-refractivity contribution is -0.00665. The van der Waals surface area contributed by atoms with Crippen molar-refractivity contribution in [3.05, 3.63) is 6.10 Å². The van der Waals surface area contributed by atoms with E-state index in [1.54, 1.807) is 7.11 Å². The predicted molar refractivity (Wildman–Crippen MR) is 43.7 cm³/mol. The molecule has 13 heavy (non-hydrogen) atoms. The first-order valence-electron chi connectivity index (χ1n) is 4.19. The Morgan fingerprint density at radius 1 is 1.46 bits per heavy atom. The summed E-state index contributed by atoms with van der Waals surface area (Å²) in [6.45, 7) is 0.131. The Hall–Kier alpha value is -0.200. The maximum absolute atomic E-state index is 9.41. The van der Waals surface area contributed by atoms with Gasteiger partial charge in [-0.05, 0) is 0 Å². The van der Waals surface area contributed by atoms with Gasteiger partial charge in [0.1, 0.15) is 24.4 Å². The van der Waals surface area contributed by atoms with Crippen molar-refractivity contribution < 1.29 is 24.8 Å². The summed E-state index contributed by atoms with van der Waals surface area (Å²) in [5.74, 6) is 0. The molecule has 0 saturated carbocycles. The second-order valence-corrected chi connectivity index (χ2v) is 2.98. The van der Waals surface area contributed by atoms with Gasteiger partial charge in [0.25, 0.3) is 0 Å². The van der Waals surface area contributed by atoms with Crippen LogP contribution >= 0.6 is 0 Å². The van der Waals surface area contributed by atoms with Crippen molar-refractivity contribution in [3.63, 3.8) is 0 Å². The molecule has 0 spiro atoms. The molecule has 1 rings (SSSR count). The van der Waals surface area contributed by atoms with Crippen LogP contribution in [-0.2, 0) is 9.47 Å². The van der Waals surface area contributed by atoms with Gasteiger partial charge in [0.2, 0.25) is 0 Å². The average molecular weight is 191 g/mol. The maximum atomic E-state index is 9.41. The van der Waals surface area contributed by atoms with Crippen LogP contribution in [0.5, 0.6) is 0 Å². The van der Waals surface area contributed by atoms with E-state index in [0.717, 1.165) is 0 Å². The second kappa shape index (κ2) is 4.88. The Bertz CT molecular complexity index is 151. The molecule has 1 aliphatic rings. The summed E-state index contributed by atoms with van der Waals surface area (Å²) in [5, 5.41) is 27.5. The fraction of sp³-hybridized carbons (Fsp3) is 0.875. The molecule has 0 aromatic carbocycles. The van der Waals surface area contributed by atoms with Crippen LogP contribution in [0.4, 0.5) is 0 Å². The van der Waals surface area contributed by atoms with Gasteiger partial charge >= 0.3 is 0 Å². The van der Waals surface area contributed by atoms with Gasteiger partial charge in [-0.3, -0.25) is 0 Å². The second-order valence-electron chi connectivity index (χ2n) is 2.98. The predicted octanol–water partition coefficient (Wildman–Crippen LogP) is -1.33. The highest BCUT2D eigenvalue weighted by Crippen LogP contribution is 2.29. The number of aliphatic hydroxyl groups is 3. The Morgan fingerprint density at radius 2 is 2.15 bits per heavy atom. The largest absolute Gasteiger partial charge is 0.394 e. The number of aliphatic hydroxyl groups excluding tert-OH is 3. The highest BCUT2D eigenvalue weighted by Gasteiger charge is 2.42. The molecule has 1 heterocycles. The van der Waals surface area contributed by atoms with Crippen LogP contribution in [0.1, 0.15) is 6.42 Å². The molecule has 0 aliphatic carbocycles. The Balaban J connectivity index is 2.40. The molecule has 3 atom stereocenters. The lowest BCUT2D eigenvalue weighted by Crippen LogP contribution is -2.32. The Morgan fingerprint density at radius 3 is 2.62 bits per heavy atom. The molecular weight excluding hydrogens is 176 g/mol. The van der Waals surface area contributed by atoms with Crippen LogP contribution in [0.15, 0.2) is 0 Å². The van der Waals surface area contributed by atoms with Crippen molar-refractivity contribution in [3.8, 4) is 0 Å². The smallest absolute Gasteiger partial charge is 0.131 e. The van der Waals surface area contributed by atoms with E-state index in [2.05, 4.69) is 0 Å². The third-order valence-corrected chi connectivity index (χ3v) is 2.07. The number of rotatable bonds is 4. The monoisotopic (exact) mass is 191 g/mol. The minimum atomic E-state index is -1.03. The molecule has 0 aromatic heterocycles. The molecule has 0 amide bonds. The van der Waals surface area contributed by atoms with E-state index >= 15 is 0 Å². The van der Waals surface area contributed by atoms with Gasteiger partial charge in [-0.2, -0.15) is 0 Å². The van der Waals surface area contributed by atoms with E-state index in [4.69, 9.17) is 14.6 Å². The zero-order valence-corrected chi connectivity index (χ0v) is 7.51. The summed E-state index contributed by atoms with van der Waals surface area (Å²) in [4.78, 5) is 0. The molecule has 0 bridgehead atoms. The van der Waals surface area contributed by atoms with Gasteiger partial charge in [0.15, 0.2) is 0 Å². The summed E-state index contributed by atoms with van der Waals surface area (Å²) < 4.78 is 9.92. The van der Waals surface area contributed by atoms with Crippen LogP contribution in [0, 0.1) is 6.10 Å². The molecule has 5 nitrogen and oxygen atoms in total. The number of hydrogen-bond donors (Lipinski definition) is 3. The van der Waals surface area contributed by atoms with Gasteiger partial charge < -0.3 is 24.8 Å². The van der Waals surface area contributed by atoms with Crippen molar-refractivity contribution in [1.82, 2.24) is 0 Å². The summed E-state index contributed by atoms with van der Waals surface area (Å²) in [5.41, 5.74) is 0. The van der Waals surface area contributed by atoms with E-state index in [-0.39, 0.29) is 6.61 Å². The highest BCUT2D eigenvalue weighted by atomic mass is 16.6. The first kappa shape index (κ1) is 10.9. The molecule has 1 radical (unpaired) electrons. The third kappa shape index (κ3) is 2.38. The standard InChI is InChI=1S/C8H15O5/c1-12-3-2-5-7(10)8(11)6(4-9)13-5/h6-11H,2-4H2,1H3/t6-,7+,8-/m1/s1. The Kier molecular flexibility index (Phi) is 4.08. The van der Waals surface area contributed by atoms with Gasteiger partial charge in [0, 0.05) is 20.1 Å². The molecule has 1 fully saturated rings. The van der Waals surface area contributed by atoms with Crippen molar-refractivity contribution in [1.29, 1.82) is 0 Å². The van der Waals surface area contributed by atoms with Crippen LogP contribution in [-0.4, -0.2) is 54.0 Å². The minimum absolute atomic E-state index is 0.297. The zero-order chi connectivity index (χ0) is 9.84. The quantitative estimate of drug-likeness (QED) is 0.513. The topological polar surface area (TPSA) is 79.2 Å². The third-order valence-electron chi connectivity index (χ3n) is 2.07. The van der Waals surface area contributed by atoms with Gasteiger partial charge in [0.05, 0.1) is 6.61 Å². The molecular formula is C8H15O5. The van der Waals surface area contributed by atoms with E-state index in [1.807, 2.05) is 0 Å². The van der Waals surface area contributed by atoms with E-state index in [9.17, 15) is 10.2 Å². The zero-order valence-electron chi connectivity index (χ0n) is 7.51. The van der Waals surface area contributed by atoms with Gasteiger partial charge in [-0.25, -0.2) is 0 Å². The SMILES string of the molecule is COCC[C]1O[C@H](CO)[C@@H](O)[C@H]1O. The number of methoxy groups -OCH3 is 1. The summed E-state index contributed by atoms with van der Waals surface area (Å²) in [6.07, 6.45) is -1.93. The number of ether oxygens (including phenoxy) is 2. The molecule has 1 aliphatic heterocycles. The average Bonchev–Trinajstić information content (AvgIpc) is 2.41. The maximum Gasteiger partial charge on any atom is 0.131 e. The molecule has 1 saturated heterocycles. The normalized spacial score (nSPS) is 35.5. The van der Waals surface area contributed by atoms with Crippen molar-refractivity contribution in [2.24, 2.45) is 0 Å². The molecule has 77 valence electrons. The van der Waals surface area contributed by atoms with Crippen LogP contribution < -0.4 is 0 Å². The van der Waals surface area contributed by atoms with Crippen LogP contribution in [0.2, 0.25) is 0 Å². The van der Waals surface area contributed by atoms with Crippen molar-refractivity contribution in [2.75, 3.05) is 20.3 Å². The van der Waals surface area contributed by atoms with Gasteiger partial charge in [-0.1, -0.05) is 0 Å². The summed E-state index contributed by atoms with van der Waals surface area (Å²) >= 11 is 0. The van der Waals surface area contributed by atoms with E-state index < -0.39 is 18.3 Å². The Labute approximate surface area is 76.9 Å². The fourth-order valence-corrected chi connectivity index (χ4v) is 1.28. The van der Waals surface area contributed by atoms with Crippen molar-refractivity contribution >= 4 is 0 Å². The lowest BCUT2D eigenvalue weighted by Gasteiger charge is -2.11. The molecule has 5 heteroatoms. The first-order valence-corrected chi connectivity index (χ1v) is 4.19. The minimum Gasteiger partial charge on any atom is -0.394 e. The molecule has 3 N–H and O–H groups in total. The summed E-state index contributed by atoms with van der Waals surface area (Å²) in [6, 6.07) is 0. The van der Waals surface area contributed by atoms with E-state index in [0.29, 0.717) is 19.1 Å². The highest BCUT2D eigenvalue weighted by molar-refractivity contribution is 5.02. The van der Waals surface area contributed by atoms with Crippen LogP contribution in [0.3, 0.4) is 0 Å². The molecule has 0 unspecified atom stereocenters. The molecule has 0 aromatic rings.